The first kappa shape index (κ1) is 9.32. The van der Waals surface area contributed by atoms with Crippen molar-refractivity contribution in [3.8, 4) is 0 Å². The zero-order valence-corrected chi connectivity index (χ0v) is 7.00. The van der Waals surface area contributed by atoms with Crippen LogP contribution in [0.25, 0.3) is 0 Å². The van der Waals surface area contributed by atoms with Gasteiger partial charge in [-0.2, -0.15) is 0 Å². The van der Waals surface area contributed by atoms with Gasteiger partial charge in [-0.1, -0.05) is 0 Å². The average Bonchev–Trinajstić information content (AvgIpc) is 2.31. The van der Waals surface area contributed by atoms with Crippen LogP contribution in [0.15, 0.2) is 0 Å². The van der Waals surface area contributed by atoms with E-state index in [0.29, 0.717) is 19.6 Å². The first-order valence-electron chi connectivity index (χ1n) is 3.46. The minimum Gasteiger partial charge on any atom is -0.392 e. The SMILES string of the molecule is NP(O)OC[C@@H]1C[C@@H](O)CN1. The smallest absolute Gasteiger partial charge is 0.250 e. The second-order valence-electron chi connectivity index (χ2n) is 2.59. The van der Waals surface area contributed by atoms with E-state index in [1.807, 2.05) is 0 Å². The third-order valence-corrected chi connectivity index (χ3v) is 2.02. The molecule has 1 aliphatic heterocycles. The molecule has 0 aliphatic carbocycles. The maximum atomic E-state index is 9.06. The molecule has 0 spiro atoms. The predicted octanol–water partition coefficient (Wildman–Crippen LogP) is -1.10. The van der Waals surface area contributed by atoms with Gasteiger partial charge in [0.05, 0.1) is 12.7 Å². The maximum Gasteiger partial charge on any atom is 0.250 e. The molecular formula is C5H13N2O3P. The average molecular weight is 180 g/mol. The van der Waals surface area contributed by atoms with E-state index in [-0.39, 0.29) is 12.1 Å². The molecule has 66 valence electrons. The Labute approximate surface area is 66.5 Å². The molecule has 5 N–H and O–H groups in total. The molecule has 0 amide bonds. The van der Waals surface area contributed by atoms with Gasteiger partial charge < -0.3 is 19.8 Å². The highest BCUT2D eigenvalue weighted by molar-refractivity contribution is 7.43. The van der Waals surface area contributed by atoms with Crippen LogP contribution >= 0.6 is 8.53 Å². The van der Waals surface area contributed by atoms with Crippen molar-refractivity contribution in [3.63, 3.8) is 0 Å². The molecule has 1 aliphatic rings. The van der Waals surface area contributed by atoms with Crippen LogP contribution in [-0.2, 0) is 4.52 Å². The third-order valence-electron chi connectivity index (χ3n) is 1.61. The molecule has 1 saturated heterocycles. The van der Waals surface area contributed by atoms with Crippen LogP contribution in [0, 0.1) is 0 Å². The summed E-state index contributed by atoms with van der Waals surface area (Å²) in [6, 6.07) is 0.130. The first-order chi connectivity index (χ1) is 5.18. The summed E-state index contributed by atoms with van der Waals surface area (Å²) < 4.78 is 4.80. The Morgan fingerprint density at radius 2 is 2.45 bits per heavy atom. The number of nitrogens with one attached hydrogen (secondary N) is 1. The molecule has 1 heterocycles. The highest BCUT2D eigenvalue weighted by Gasteiger charge is 2.22. The van der Waals surface area contributed by atoms with E-state index in [0.717, 1.165) is 0 Å². The zero-order valence-electron chi connectivity index (χ0n) is 6.10. The quantitative estimate of drug-likeness (QED) is 0.414. The van der Waals surface area contributed by atoms with E-state index in [9.17, 15) is 0 Å². The fourth-order valence-electron chi connectivity index (χ4n) is 1.09. The predicted molar refractivity (Wildman–Crippen MR) is 41.7 cm³/mol. The van der Waals surface area contributed by atoms with Gasteiger partial charge in [0, 0.05) is 12.6 Å². The number of rotatable bonds is 3. The Morgan fingerprint density at radius 3 is 2.91 bits per heavy atom. The summed E-state index contributed by atoms with van der Waals surface area (Å²) >= 11 is 0. The van der Waals surface area contributed by atoms with Gasteiger partial charge in [-0.25, -0.2) is 0 Å². The molecule has 5 nitrogen and oxygen atoms in total. The summed E-state index contributed by atoms with van der Waals surface area (Å²) in [5, 5.41) is 12.1. The number of nitrogens with two attached hydrogens (primary N) is 1. The van der Waals surface area contributed by atoms with Crippen LogP contribution in [0.1, 0.15) is 6.42 Å². The largest absolute Gasteiger partial charge is 0.392 e. The van der Waals surface area contributed by atoms with Crippen LogP contribution < -0.4 is 10.8 Å². The summed E-state index contributed by atoms with van der Waals surface area (Å²) in [6.45, 7) is 0.970. The summed E-state index contributed by atoms with van der Waals surface area (Å²) in [7, 11) is -1.75. The Balaban J connectivity index is 2.08. The van der Waals surface area contributed by atoms with Gasteiger partial charge >= 0.3 is 0 Å². The van der Waals surface area contributed by atoms with Gasteiger partial charge in [0.1, 0.15) is 0 Å². The molecule has 6 heteroatoms. The summed E-state index contributed by atoms with van der Waals surface area (Å²) in [6.07, 6.45) is 0.384. The van der Waals surface area contributed by atoms with E-state index in [1.54, 1.807) is 0 Å². The van der Waals surface area contributed by atoms with Crippen molar-refractivity contribution in [1.82, 2.24) is 5.32 Å². The Bertz CT molecular complexity index is 124. The summed E-state index contributed by atoms with van der Waals surface area (Å²) in [5.74, 6) is 0. The Morgan fingerprint density at radius 1 is 1.73 bits per heavy atom. The molecule has 11 heavy (non-hydrogen) atoms. The number of β-amino-alcohol motifs (C(OH)–C–C–N with tert-alkyl or cyclic N) is 1. The van der Waals surface area contributed by atoms with Crippen LogP contribution in [0.3, 0.4) is 0 Å². The highest BCUT2D eigenvalue weighted by atomic mass is 31.2. The van der Waals surface area contributed by atoms with Gasteiger partial charge in [-0.05, 0) is 6.42 Å². The summed E-state index contributed by atoms with van der Waals surface area (Å²) in [5.41, 5.74) is 5.01. The molecule has 3 atom stereocenters. The lowest BCUT2D eigenvalue weighted by molar-refractivity contribution is 0.187. The molecule has 0 aromatic heterocycles. The second-order valence-corrected chi connectivity index (χ2v) is 3.46. The molecule has 1 rings (SSSR count). The molecule has 1 fully saturated rings. The Kier molecular flexibility index (Phi) is 3.65. The zero-order chi connectivity index (χ0) is 8.27. The second kappa shape index (κ2) is 4.30. The van der Waals surface area contributed by atoms with Crippen molar-refractivity contribution in [2.75, 3.05) is 13.2 Å². The minimum atomic E-state index is -1.75. The van der Waals surface area contributed by atoms with Gasteiger partial charge in [0.2, 0.25) is 8.53 Å². The Hall–Kier alpha value is 0.230. The fourth-order valence-corrected chi connectivity index (χ4v) is 1.42. The van der Waals surface area contributed by atoms with E-state index < -0.39 is 8.53 Å². The van der Waals surface area contributed by atoms with Gasteiger partial charge in [-0.15, -0.1) is 0 Å². The molecule has 0 aromatic carbocycles. The highest BCUT2D eigenvalue weighted by Crippen LogP contribution is 2.20. The van der Waals surface area contributed by atoms with E-state index in [1.165, 1.54) is 0 Å². The van der Waals surface area contributed by atoms with Crippen LogP contribution in [0.5, 0.6) is 0 Å². The van der Waals surface area contributed by atoms with E-state index in [2.05, 4.69) is 5.32 Å². The topological polar surface area (TPSA) is 87.7 Å². The third kappa shape index (κ3) is 3.42. The van der Waals surface area contributed by atoms with Crippen LogP contribution in [0.4, 0.5) is 0 Å². The molecule has 1 unspecified atom stereocenters. The molecule has 0 radical (unpaired) electrons. The van der Waals surface area contributed by atoms with E-state index >= 15 is 0 Å². The van der Waals surface area contributed by atoms with Crippen molar-refractivity contribution in [1.29, 1.82) is 0 Å². The van der Waals surface area contributed by atoms with Gasteiger partial charge in [-0.3, -0.25) is 5.50 Å². The lowest BCUT2D eigenvalue weighted by Crippen LogP contribution is -2.26. The van der Waals surface area contributed by atoms with Crippen molar-refractivity contribution in [2.45, 2.75) is 18.6 Å². The molecule has 0 bridgehead atoms. The number of aliphatic hydroxyl groups excluding tert-OH is 1. The number of hydrogen-bond acceptors (Lipinski definition) is 5. The molecule has 0 saturated carbocycles. The monoisotopic (exact) mass is 180 g/mol. The van der Waals surface area contributed by atoms with Crippen molar-refractivity contribution in [2.24, 2.45) is 5.50 Å². The summed E-state index contributed by atoms with van der Waals surface area (Å²) in [4.78, 5) is 8.61. The fraction of sp³-hybridized carbons (Fsp3) is 1.00. The number of aliphatic hydroxyl groups is 1. The first-order valence-corrected chi connectivity index (χ1v) is 4.74. The van der Waals surface area contributed by atoms with Crippen LogP contribution in [-0.4, -0.2) is 35.3 Å². The van der Waals surface area contributed by atoms with Gasteiger partial charge in [0.15, 0.2) is 0 Å². The molecular weight excluding hydrogens is 167 g/mol. The van der Waals surface area contributed by atoms with Crippen LogP contribution in [0.2, 0.25) is 0 Å². The normalized spacial score (nSPS) is 34.1. The molecule has 0 aromatic rings. The standard InChI is InChI=1S/C5H13N2O3P/c6-11(9)10-3-4-1-5(8)2-7-4/h4-5,7-9H,1-3,6H2/t4-,5+,11?/m0/s1. The minimum absolute atomic E-state index is 0.130. The van der Waals surface area contributed by atoms with E-state index in [4.69, 9.17) is 20.0 Å². The lowest BCUT2D eigenvalue weighted by atomic mass is 10.2. The van der Waals surface area contributed by atoms with Gasteiger partial charge in [0.25, 0.3) is 0 Å². The number of hydrogen-bond donors (Lipinski definition) is 4. The maximum absolute atomic E-state index is 9.06. The van der Waals surface area contributed by atoms with Crippen molar-refractivity contribution >= 4 is 8.53 Å². The van der Waals surface area contributed by atoms with Crippen molar-refractivity contribution in [3.05, 3.63) is 0 Å². The lowest BCUT2D eigenvalue weighted by Gasteiger charge is -2.10. The van der Waals surface area contributed by atoms with Crippen molar-refractivity contribution < 1.29 is 14.5 Å².